The lowest BCUT2D eigenvalue weighted by molar-refractivity contribution is -0.107. The van der Waals surface area contributed by atoms with Crippen LogP contribution in [0, 0.1) is 11.3 Å². The smallest absolute Gasteiger partial charge is 0.120 e. The number of nitrogens with zero attached hydrogens (tertiary/aromatic N) is 1. The van der Waals surface area contributed by atoms with Gasteiger partial charge >= 0.3 is 0 Å². The van der Waals surface area contributed by atoms with E-state index < -0.39 is 4.75 Å². The third kappa shape index (κ3) is 4.73. The number of rotatable bonds is 6. The fourth-order valence-corrected chi connectivity index (χ4v) is 2.79. The van der Waals surface area contributed by atoms with Crippen molar-refractivity contribution in [1.29, 1.82) is 5.26 Å². The van der Waals surface area contributed by atoms with Crippen molar-refractivity contribution < 1.29 is 4.79 Å². The van der Waals surface area contributed by atoms with E-state index >= 15 is 0 Å². The quantitative estimate of drug-likeness (QED) is 0.315. The Morgan fingerprint density at radius 3 is 2.69 bits per heavy atom. The van der Waals surface area contributed by atoms with E-state index in [1.54, 1.807) is 13.0 Å². The molecule has 0 heterocycles. The van der Waals surface area contributed by atoms with Gasteiger partial charge in [0.1, 0.15) is 11.0 Å². The molecule has 86 valence electrons. The normalized spacial score (nSPS) is 14.7. The number of carbonyl (C=O) groups excluding carboxylic acids is 1. The summed E-state index contributed by atoms with van der Waals surface area (Å²) in [4.78, 5) is 10.3. The van der Waals surface area contributed by atoms with Crippen molar-refractivity contribution in [3.8, 4) is 6.07 Å². The van der Waals surface area contributed by atoms with Gasteiger partial charge in [-0.2, -0.15) is 5.26 Å². The maximum Gasteiger partial charge on any atom is 0.120 e. The maximum atomic E-state index is 10.3. The van der Waals surface area contributed by atoms with Crippen LogP contribution in [0.3, 0.4) is 0 Å². The third-order valence-corrected chi connectivity index (χ3v) is 3.71. The van der Waals surface area contributed by atoms with Crippen LogP contribution in [-0.2, 0) is 4.79 Å². The molecule has 0 aliphatic rings. The molecule has 4 heteroatoms. The maximum absolute atomic E-state index is 10.3. The zero-order valence-corrected chi connectivity index (χ0v) is 11.2. The molecule has 0 N–H and O–H groups in total. The van der Waals surface area contributed by atoms with E-state index in [4.69, 9.17) is 17.5 Å². The lowest BCUT2D eigenvalue weighted by Crippen LogP contribution is -2.20. The first kappa shape index (κ1) is 15.1. The van der Waals surface area contributed by atoms with Crippen molar-refractivity contribution in [2.45, 2.75) is 31.4 Å². The topological polar surface area (TPSA) is 40.9 Å². The first-order chi connectivity index (χ1) is 7.52. The lowest BCUT2D eigenvalue weighted by atomic mass is 10.1. The molecule has 0 aromatic rings. The van der Waals surface area contributed by atoms with Crippen molar-refractivity contribution >= 4 is 34.5 Å². The second kappa shape index (κ2) is 7.37. The second-order valence-corrected chi connectivity index (χ2v) is 5.57. The van der Waals surface area contributed by atoms with Gasteiger partial charge < -0.3 is 4.79 Å². The van der Waals surface area contributed by atoms with Gasteiger partial charge in [0.2, 0.25) is 0 Å². The number of aldehydes is 1. The molecular formula is C12H15NOS2. The molecule has 0 bridgehead atoms. The number of thiocarbonyl (C=S) groups is 1. The van der Waals surface area contributed by atoms with Gasteiger partial charge in [-0.25, -0.2) is 0 Å². The number of hydrogen-bond acceptors (Lipinski definition) is 4. The van der Waals surface area contributed by atoms with Crippen molar-refractivity contribution in [3.63, 3.8) is 0 Å². The number of nitriles is 1. The van der Waals surface area contributed by atoms with Crippen molar-refractivity contribution in [3.05, 3.63) is 24.3 Å². The molecule has 0 aromatic heterocycles. The second-order valence-electron chi connectivity index (χ2n) is 3.39. The SMILES string of the molecule is C=C/C(=C\C)C(=S)SC(C)(C#N)CCC=O. The molecule has 0 rings (SSSR count). The number of allylic oxidation sites excluding steroid dienone is 2. The van der Waals surface area contributed by atoms with Crippen LogP contribution in [0.5, 0.6) is 0 Å². The summed E-state index contributed by atoms with van der Waals surface area (Å²) in [5, 5.41) is 9.10. The van der Waals surface area contributed by atoms with Crippen LogP contribution in [0.1, 0.15) is 26.7 Å². The summed E-state index contributed by atoms with van der Waals surface area (Å²) in [7, 11) is 0. The Morgan fingerprint density at radius 1 is 1.69 bits per heavy atom. The van der Waals surface area contributed by atoms with Gasteiger partial charge in [0.15, 0.2) is 0 Å². The third-order valence-electron chi connectivity index (χ3n) is 2.06. The number of hydrogen-bond donors (Lipinski definition) is 0. The standard InChI is InChI=1S/C12H15NOS2/c1-4-10(5-2)11(15)16-12(3,9-13)7-6-8-14/h4-5,8H,1,6-7H2,2-3H3/b10-5+. The van der Waals surface area contributed by atoms with Crippen LogP contribution >= 0.6 is 24.0 Å². The predicted molar refractivity (Wildman–Crippen MR) is 73.5 cm³/mol. The van der Waals surface area contributed by atoms with Crippen LogP contribution in [0.15, 0.2) is 24.3 Å². The highest BCUT2D eigenvalue weighted by Gasteiger charge is 2.26. The molecule has 1 unspecified atom stereocenters. The lowest BCUT2D eigenvalue weighted by Gasteiger charge is -2.20. The summed E-state index contributed by atoms with van der Waals surface area (Å²) in [6.07, 6.45) is 5.24. The number of thioether (sulfide) groups is 1. The Bertz CT molecular complexity index is 355. The van der Waals surface area contributed by atoms with Crippen LogP contribution in [0.2, 0.25) is 0 Å². The van der Waals surface area contributed by atoms with Crippen molar-refractivity contribution in [2.24, 2.45) is 0 Å². The van der Waals surface area contributed by atoms with Crippen LogP contribution in [0.4, 0.5) is 0 Å². The van der Waals surface area contributed by atoms with E-state index in [1.165, 1.54) is 11.8 Å². The van der Waals surface area contributed by atoms with E-state index in [2.05, 4.69) is 12.6 Å². The van der Waals surface area contributed by atoms with Gasteiger partial charge in [-0.15, -0.1) is 0 Å². The summed E-state index contributed by atoms with van der Waals surface area (Å²) in [5.41, 5.74) is 0.854. The first-order valence-electron chi connectivity index (χ1n) is 4.90. The minimum absolute atomic E-state index is 0.374. The monoisotopic (exact) mass is 253 g/mol. The van der Waals surface area contributed by atoms with Crippen LogP contribution < -0.4 is 0 Å². The largest absolute Gasteiger partial charge is 0.303 e. The minimum Gasteiger partial charge on any atom is -0.303 e. The van der Waals surface area contributed by atoms with E-state index in [0.717, 1.165) is 11.9 Å². The molecule has 1 atom stereocenters. The summed E-state index contributed by atoms with van der Waals surface area (Å²) in [6.45, 7) is 7.33. The molecule has 0 amide bonds. The molecule has 0 aromatic carbocycles. The highest BCUT2D eigenvalue weighted by Crippen LogP contribution is 2.32. The minimum atomic E-state index is -0.644. The predicted octanol–water partition coefficient (Wildman–Crippen LogP) is 3.44. The Morgan fingerprint density at radius 2 is 2.31 bits per heavy atom. The van der Waals surface area contributed by atoms with Gasteiger partial charge in [-0.3, -0.25) is 0 Å². The highest BCUT2D eigenvalue weighted by molar-refractivity contribution is 8.24. The average molecular weight is 253 g/mol. The molecule has 0 spiro atoms. The Labute approximate surface area is 106 Å². The van der Waals surface area contributed by atoms with Crippen molar-refractivity contribution in [2.75, 3.05) is 0 Å². The zero-order chi connectivity index (χ0) is 12.6. The number of carbonyl (C=O) groups is 1. The van der Waals surface area contributed by atoms with Gasteiger partial charge in [0.05, 0.1) is 10.3 Å². The summed E-state index contributed by atoms with van der Waals surface area (Å²) >= 11 is 6.54. The molecule has 0 fully saturated rings. The van der Waals surface area contributed by atoms with Gasteiger partial charge in [-0.05, 0) is 25.8 Å². The average Bonchev–Trinajstić information content (AvgIpc) is 2.28. The van der Waals surface area contributed by atoms with Crippen molar-refractivity contribution in [1.82, 2.24) is 0 Å². The molecule has 0 saturated heterocycles. The fraction of sp³-hybridized carbons (Fsp3) is 0.417. The fourth-order valence-electron chi connectivity index (χ4n) is 1.05. The molecular weight excluding hydrogens is 238 g/mol. The zero-order valence-electron chi connectivity index (χ0n) is 9.53. The summed E-state index contributed by atoms with van der Waals surface area (Å²) in [5.74, 6) is 0. The molecule has 2 nitrogen and oxygen atoms in total. The Balaban J connectivity index is 4.67. The molecule has 0 aliphatic carbocycles. The first-order valence-corrected chi connectivity index (χ1v) is 6.12. The molecule has 0 aliphatic heterocycles. The molecule has 0 saturated carbocycles. The van der Waals surface area contributed by atoms with Gasteiger partial charge in [0, 0.05) is 6.42 Å². The van der Waals surface area contributed by atoms with E-state index in [9.17, 15) is 4.79 Å². The van der Waals surface area contributed by atoms with E-state index in [0.29, 0.717) is 17.0 Å². The molecule has 16 heavy (non-hydrogen) atoms. The Kier molecular flexibility index (Phi) is 6.95. The van der Waals surface area contributed by atoms with E-state index in [-0.39, 0.29) is 0 Å². The molecule has 0 radical (unpaired) electrons. The van der Waals surface area contributed by atoms with E-state index in [1.807, 2.05) is 13.0 Å². The van der Waals surface area contributed by atoms with Gasteiger partial charge in [-0.1, -0.05) is 42.7 Å². The van der Waals surface area contributed by atoms with Crippen LogP contribution in [-0.4, -0.2) is 15.2 Å². The highest BCUT2D eigenvalue weighted by atomic mass is 32.2. The Hall–Kier alpha value is -0.920. The summed E-state index contributed by atoms with van der Waals surface area (Å²) < 4.78 is 0.00220. The summed E-state index contributed by atoms with van der Waals surface area (Å²) in [6, 6.07) is 2.20. The van der Waals surface area contributed by atoms with Gasteiger partial charge in [0.25, 0.3) is 0 Å². The van der Waals surface area contributed by atoms with Crippen LogP contribution in [0.25, 0.3) is 0 Å².